The third-order valence-corrected chi connectivity index (χ3v) is 31.4. The highest BCUT2D eigenvalue weighted by molar-refractivity contribution is 7.92. The van der Waals surface area contributed by atoms with Gasteiger partial charge < -0.3 is 28.7 Å². The normalized spacial score (nSPS) is 29.0. The van der Waals surface area contributed by atoms with Crippen LogP contribution in [-0.2, 0) is 67.9 Å². The molecule has 14 rings (SSSR count). The highest BCUT2D eigenvalue weighted by atomic mass is 35.5. The molecule has 4 aliphatic carbocycles. The van der Waals surface area contributed by atoms with Crippen molar-refractivity contribution in [2.75, 3.05) is 26.4 Å². The summed E-state index contributed by atoms with van der Waals surface area (Å²) >= 11 is 12.9. The molecule has 0 spiro atoms. The molecule has 14 atom stereocenters. The molecule has 2 N–H and O–H groups in total. The van der Waals surface area contributed by atoms with E-state index in [4.69, 9.17) is 42.1 Å². The predicted molar refractivity (Wildman–Crippen MR) is 440 cm³/mol. The number of fused-ring (bicyclic) bond motifs is 10. The van der Waals surface area contributed by atoms with E-state index in [1.54, 1.807) is 59.0 Å². The van der Waals surface area contributed by atoms with Gasteiger partial charge in [-0.25, -0.2) is 53.1 Å². The van der Waals surface area contributed by atoms with Crippen LogP contribution >= 0.6 is 23.2 Å². The molecule has 2 saturated heterocycles. The van der Waals surface area contributed by atoms with Crippen molar-refractivity contribution in [2.45, 2.75) is 255 Å². The molecular formula is C86H106Cl2F6N10O16S2. The van der Waals surface area contributed by atoms with Gasteiger partial charge in [0.1, 0.15) is 35.1 Å². The minimum absolute atomic E-state index is 0.0276. The van der Waals surface area contributed by atoms with E-state index in [1.165, 1.54) is 9.80 Å². The molecule has 6 fully saturated rings. The van der Waals surface area contributed by atoms with Crippen LogP contribution in [-0.4, -0.2) is 186 Å². The number of halogens is 8. The first-order chi connectivity index (χ1) is 57.0. The van der Waals surface area contributed by atoms with Gasteiger partial charge in [-0.05, 0) is 190 Å². The second-order valence-electron chi connectivity index (χ2n) is 37.0. The summed E-state index contributed by atoms with van der Waals surface area (Å²) in [6.07, 6.45) is 11.2. The Hall–Kier alpha value is -8.50. The third kappa shape index (κ3) is 18.5. The van der Waals surface area contributed by atoms with Gasteiger partial charge in [0.15, 0.2) is 22.8 Å². The number of Topliss-reactive ketones (excluding diaryl/α,β-unsaturated/α-hetero) is 2. The second-order valence-corrected chi connectivity index (χ2v) is 42.0. The average Bonchev–Trinajstić information content (AvgIpc) is 1.56. The van der Waals surface area contributed by atoms with Crippen molar-refractivity contribution in [1.29, 1.82) is 0 Å². The Labute approximate surface area is 714 Å². The lowest BCUT2D eigenvalue weighted by Crippen LogP contribution is -2.49. The molecule has 4 saturated carbocycles. The number of nitrogens with zero attached hydrogens (tertiary/aromatic N) is 8. The zero-order valence-electron chi connectivity index (χ0n) is 70.4. The molecule has 4 aliphatic heterocycles. The Morgan fingerprint density at radius 2 is 0.910 bits per heavy atom. The number of carbonyl (C=O) groups is 8. The highest BCUT2D eigenvalue weighted by Crippen LogP contribution is 2.60. The number of esters is 2. The van der Waals surface area contributed by atoms with Crippen LogP contribution < -0.4 is 18.9 Å². The lowest BCUT2D eigenvalue weighted by molar-refractivity contribution is -0.197. The molecule has 122 heavy (non-hydrogen) atoms. The van der Waals surface area contributed by atoms with Crippen molar-refractivity contribution in [3.05, 3.63) is 94.5 Å². The summed E-state index contributed by atoms with van der Waals surface area (Å²) in [6, 6.07) is 7.94. The van der Waals surface area contributed by atoms with Crippen LogP contribution in [0.4, 0.5) is 26.3 Å². The van der Waals surface area contributed by atoms with E-state index in [9.17, 15) is 71.9 Å². The first-order valence-electron chi connectivity index (χ1n) is 41.7. The molecule has 4 aromatic heterocycles. The summed E-state index contributed by atoms with van der Waals surface area (Å²) in [7, 11) is -8.82. The Balaban J connectivity index is 0.000000210. The SMILES string of the molecule is Cc1cn2c(n1)nc(O[C@@H]1C[C@H]3C(=O)C[C@]4(C(=O)NS(=O)(=O)C5(CF)CC5)C[C@H]4/C=C\CC[C@@H](C)C[C@@H](C)[C@H](CC(=O)OC(C)(C)C(C)(F)F)C(=O)N3C1)c1cc(Cl)ccc12.Cc1cn2c(n1)nc(O[C@@H]1C[C@H]3C(=O)C[C@]4(C(=O)NS(=O)(=O)C5(CF)CC5)C[C@H]4/C=C\CC[C@H](C)C[C@@H](C)[C@H](CC(=O)OC(C)(C)C(C)(F)F)C(=O)N3C1)c1cc(Cl)ccc12. The lowest BCUT2D eigenvalue weighted by atomic mass is 9.82. The molecule has 8 heterocycles. The largest absolute Gasteiger partial charge is 0.472 e. The topological polar surface area (TPSA) is 333 Å². The van der Waals surface area contributed by atoms with Crippen LogP contribution in [0.2, 0.25) is 10.0 Å². The zero-order chi connectivity index (χ0) is 88.9. The standard InChI is InChI=1S/2C43H53ClF3N5O8S/c2*1-24-9-7-8-10-27-19-43(27,38(56)50-61(57,58)42(23-45)13-14-42)20-34(53)33-17-29(59-36-31-16-28(44)11-12-32(31)52-21-26(3)48-39(52)49-36)22-51(33)37(55)30(25(2)15-24)18-35(54)60-40(4,5)41(6,46)47/h2*8,10-12,16,21,24-25,27,29-30,33H,7,9,13-15,17-20,22-23H2,1-6H3,(H,50,56)/b2*10-8-/t24-,25+,27+,29+,30-,33-,43+;24-,25-,27-,29-,30+,33+,43-/m01/s1. The number of hydrogen-bond acceptors (Lipinski definition) is 20. The van der Waals surface area contributed by atoms with Crippen LogP contribution in [0.15, 0.2) is 73.1 Å². The van der Waals surface area contributed by atoms with Gasteiger partial charge in [-0.1, -0.05) is 75.2 Å². The van der Waals surface area contributed by atoms with Crippen molar-refractivity contribution in [3.8, 4) is 11.8 Å². The number of rotatable bonds is 20. The molecule has 36 heteroatoms. The number of allylic oxidation sites excluding steroid dienone is 4. The summed E-state index contributed by atoms with van der Waals surface area (Å²) in [6.45, 7) is 14.3. The number of ketones is 2. The predicted octanol–water partition coefficient (Wildman–Crippen LogP) is 14.2. The maximum absolute atomic E-state index is 15.0. The summed E-state index contributed by atoms with van der Waals surface area (Å²) in [4.78, 5) is 136. The lowest BCUT2D eigenvalue weighted by Gasteiger charge is -2.34. The van der Waals surface area contributed by atoms with Gasteiger partial charge in [0.2, 0.25) is 67.0 Å². The maximum Gasteiger partial charge on any atom is 0.307 e. The number of aromatic nitrogens is 6. The monoisotopic (exact) mass is 1780 g/mol. The Morgan fingerprint density at radius 1 is 0.549 bits per heavy atom. The quantitative estimate of drug-likeness (QED) is 0.0407. The summed E-state index contributed by atoms with van der Waals surface area (Å²) < 4.78 is 167. The fraction of sp³-hybridized carbons (Fsp3) is 0.628. The molecule has 4 amide bonds. The average molecular weight is 1780 g/mol. The molecule has 0 bridgehead atoms. The van der Waals surface area contributed by atoms with Crippen molar-refractivity contribution >= 4 is 124 Å². The third-order valence-electron chi connectivity index (χ3n) is 26.7. The number of hydrogen-bond donors (Lipinski definition) is 2. The van der Waals surface area contributed by atoms with Crippen molar-refractivity contribution in [2.24, 2.45) is 58.2 Å². The van der Waals surface area contributed by atoms with Gasteiger partial charge in [-0.3, -0.25) is 56.6 Å². The number of ether oxygens (including phenoxy) is 4. The Kier molecular flexibility index (Phi) is 25.2. The van der Waals surface area contributed by atoms with Crippen molar-refractivity contribution in [1.82, 2.24) is 48.0 Å². The van der Waals surface area contributed by atoms with E-state index in [0.29, 0.717) is 107 Å². The van der Waals surface area contributed by atoms with E-state index in [2.05, 4.69) is 29.4 Å². The van der Waals surface area contributed by atoms with Gasteiger partial charge in [-0.2, -0.15) is 9.97 Å². The smallest absolute Gasteiger partial charge is 0.307 e. The molecule has 26 nitrogen and oxygen atoms in total. The summed E-state index contributed by atoms with van der Waals surface area (Å²) in [5.74, 6) is -16.0. The van der Waals surface area contributed by atoms with E-state index in [-0.39, 0.29) is 88.1 Å². The first kappa shape index (κ1) is 91.2. The number of amides is 4. The number of alkyl halides is 6. The molecule has 664 valence electrons. The number of carbonyl (C=O) groups excluding carboxylic acids is 8. The van der Waals surface area contributed by atoms with Crippen molar-refractivity contribution in [3.63, 3.8) is 0 Å². The van der Waals surface area contributed by atoms with E-state index >= 15 is 9.59 Å². The minimum atomic E-state index is -4.41. The fourth-order valence-corrected chi connectivity index (χ4v) is 21.0. The number of sulfonamides is 2. The fourth-order valence-electron chi connectivity index (χ4n) is 17.7. The number of nitrogens with one attached hydrogen (secondary N) is 2. The minimum Gasteiger partial charge on any atom is -0.472 e. The second kappa shape index (κ2) is 33.8. The summed E-state index contributed by atoms with van der Waals surface area (Å²) in [5.41, 5.74) is -4.58. The first-order valence-corrected chi connectivity index (χ1v) is 45.4. The van der Waals surface area contributed by atoms with Gasteiger partial charge >= 0.3 is 11.9 Å². The van der Waals surface area contributed by atoms with E-state index < -0.39 is 209 Å². The molecule has 0 unspecified atom stereocenters. The summed E-state index contributed by atoms with van der Waals surface area (Å²) in [5, 5.41) is 1.87. The van der Waals surface area contributed by atoms with Crippen LogP contribution in [0.3, 0.4) is 0 Å². The zero-order valence-corrected chi connectivity index (χ0v) is 73.5. The highest BCUT2D eigenvalue weighted by Gasteiger charge is 2.66. The van der Waals surface area contributed by atoms with Crippen molar-refractivity contribution < 1.29 is 100 Å². The van der Waals surface area contributed by atoms with Crippen LogP contribution in [0, 0.1) is 72.0 Å². The molecule has 8 aliphatic rings. The van der Waals surface area contributed by atoms with Crippen LogP contribution in [0.1, 0.15) is 196 Å². The molecule has 0 radical (unpaired) electrons. The van der Waals surface area contributed by atoms with Gasteiger partial charge in [-0.15, -0.1) is 0 Å². The Morgan fingerprint density at radius 3 is 1.25 bits per heavy atom. The molecule has 6 aromatic rings. The molecule has 2 aromatic carbocycles. The van der Waals surface area contributed by atoms with Crippen LogP contribution in [0.5, 0.6) is 11.8 Å². The van der Waals surface area contributed by atoms with Gasteiger partial charge in [0.25, 0.3) is 11.8 Å². The maximum atomic E-state index is 15.0. The van der Waals surface area contributed by atoms with E-state index in [1.807, 2.05) is 64.4 Å². The van der Waals surface area contributed by atoms with E-state index in [0.717, 1.165) is 27.7 Å². The van der Waals surface area contributed by atoms with Gasteiger partial charge in [0, 0.05) is 62.0 Å². The van der Waals surface area contributed by atoms with Crippen LogP contribution in [0.25, 0.3) is 33.4 Å². The number of benzene rings is 2. The number of imidazole rings is 2. The number of aryl methyl sites for hydroxylation is 2. The van der Waals surface area contributed by atoms with Gasteiger partial charge in [0.05, 0.1) is 93.9 Å². The Bertz CT molecular complexity index is 5130. The molecular weight excluding hydrogens is 1680 g/mol.